The molecule has 4 rings (SSSR count). The van der Waals surface area contributed by atoms with Crippen LogP contribution in [0.2, 0.25) is 0 Å². The Morgan fingerprint density at radius 1 is 1.03 bits per heavy atom. The number of aliphatic hydroxyl groups excluding tert-OH is 1. The molecule has 0 bridgehead atoms. The number of rotatable bonds is 6. The number of carbonyl (C=O) groups is 5. The Morgan fingerprint density at radius 3 is 2.26 bits per heavy atom. The number of ether oxygens (including phenoxy) is 1. The lowest BCUT2D eigenvalue weighted by Crippen LogP contribution is -2.60. The molecule has 210 valence electrons. The maximum Gasteiger partial charge on any atom is 0.308 e. The van der Waals surface area contributed by atoms with E-state index in [9.17, 15) is 29.1 Å². The first kappa shape index (κ1) is 28.8. The Hall–Kier alpha value is -2.15. The summed E-state index contributed by atoms with van der Waals surface area (Å²) in [5, 5.41) is 11.6. The molecule has 7 nitrogen and oxygen atoms in total. The van der Waals surface area contributed by atoms with Gasteiger partial charge in [0.15, 0.2) is 5.78 Å². The standard InChI is InChI=1S/C31H44O7/c1-16(11-18(32)12-17(2)27(37)38-8)19-13-24(36)31(7)26-20(33)14-22-28(3,4)23(35)9-10-29(22,5)25(26)21(34)15-30(19,31)6/h16-17,19-20,22,33H,9-15H2,1-8H3/t16-,17-,19-,20+,22+,29+,30-,31+/m1/s1. The van der Waals surface area contributed by atoms with Crippen molar-refractivity contribution in [3.05, 3.63) is 11.1 Å². The number of ketones is 4. The summed E-state index contributed by atoms with van der Waals surface area (Å²) in [6, 6.07) is 0. The molecule has 4 aliphatic rings. The molecular formula is C31H44O7. The van der Waals surface area contributed by atoms with E-state index in [0.717, 1.165) is 0 Å². The van der Waals surface area contributed by atoms with E-state index in [2.05, 4.69) is 6.92 Å². The van der Waals surface area contributed by atoms with Crippen molar-refractivity contribution in [3.63, 3.8) is 0 Å². The van der Waals surface area contributed by atoms with E-state index in [1.165, 1.54) is 7.11 Å². The van der Waals surface area contributed by atoms with Crippen LogP contribution in [0.15, 0.2) is 11.1 Å². The number of methoxy groups -OCH3 is 1. The molecule has 0 aromatic carbocycles. The largest absolute Gasteiger partial charge is 0.469 e. The highest BCUT2D eigenvalue weighted by molar-refractivity contribution is 6.05. The van der Waals surface area contributed by atoms with E-state index in [-0.39, 0.29) is 66.6 Å². The second-order valence-corrected chi connectivity index (χ2v) is 13.9. The monoisotopic (exact) mass is 528 g/mol. The van der Waals surface area contributed by atoms with Crippen molar-refractivity contribution < 1.29 is 33.8 Å². The lowest BCUT2D eigenvalue weighted by atomic mass is 9.42. The summed E-state index contributed by atoms with van der Waals surface area (Å²) in [6.07, 6.45) is 1.02. The van der Waals surface area contributed by atoms with E-state index in [4.69, 9.17) is 4.74 Å². The van der Waals surface area contributed by atoms with Crippen LogP contribution in [-0.4, -0.2) is 47.4 Å². The SMILES string of the molecule is COC(=O)[C@H](C)CC(=O)C[C@@H](C)[C@H]1CC(=O)[C@@]2(C)C3=C(C(=O)C[C@]12C)[C@@]1(C)CCC(=O)C(C)(C)[C@@H]1C[C@@H]3O. The average Bonchev–Trinajstić information content (AvgIpc) is 3.03. The Balaban J connectivity index is 1.72. The molecule has 7 heteroatoms. The Labute approximate surface area is 226 Å². The van der Waals surface area contributed by atoms with Gasteiger partial charge in [0.05, 0.1) is 24.5 Å². The van der Waals surface area contributed by atoms with Gasteiger partial charge in [0.25, 0.3) is 0 Å². The quantitative estimate of drug-likeness (QED) is 0.507. The normalized spacial score (nSPS) is 39.7. The first-order valence-electron chi connectivity index (χ1n) is 14.1. The zero-order valence-corrected chi connectivity index (χ0v) is 24.2. The molecule has 0 aliphatic heterocycles. The predicted molar refractivity (Wildman–Crippen MR) is 141 cm³/mol. The summed E-state index contributed by atoms with van der Waals surface area (Å²) in [5.74, 6) is -1.45. The lowest BCUT2D eigenvalue weighted by Gasteiger charge is -2.60. The Kier molecular flexibility index (Phi) is 6.99. The molecule has 2 fully saturated rings. The minimum atomic E-state index is -1.02. The fraction of sp³-hybridized carbons (Fsp3) is 0.774. The smallest absolute Gasteiger partial charge is 0.308 e. The minimum Gasteiger partial charge on any atom is -0.469 e. The first-order chi connectivity index (χ1) is 17.5. The number of fused-ring (bicyclic) bond motifs is 4. The van der Waals surface area contributed by atoms with Crippen molar-refractivity contribution in [1.29, 1.82) is 0 Å². The van der Waals surface area contributed by atoms with Crippen LogP contribution in [0.25, 0.3) is 0 Å². The third-order valence-electron chi connectivity index (χ3n) is 11.5. The Bertz CT molecular complexity index is 1130. The van der Waals surface area contributed by atoms with Crippen LogP contribution in [-0.2, 0) is 28.7 Å². The number of hydrogen-bond donors (Lipinski definition) is 1. The molecule has 0 aromatic heterocycles. The zero-order chi connectivity index (χ0) is 28.6. The molecule has 0 aromatic rings. The molecule has 0 spiro atoms. The fourth-order valence-electron chi connectivity index (χ4n) is 9.13. The number of hydrogen-bond acceptors (Lipinski definition) is 7. The number of Topliss-reactive ketones (excluding diaryl/α,β-unsaturated/α-hetero) is 4. The first-order valence-corrected chi connectivity index (χ1v) is 14.1. The van der Waals surface area contributed by atoms with Crippen LogP contribution in [0.4, 0.5) is 0 Å². The fourth-order valence-corrected chi connectivity index (χ4v) is 9.13. The van der Waals surface area contributed by atoms with Gasteiger partial charge in [-0.1, -0.05) is 41.5 Å². The van der Waals surface area contributed by atoms with Crippen molar-refractivity contribution >= 4 is 29.1 Å². The van der Waals surface area contributed by atoms with Crippen molar-refractivity contribution in [3.8, 4) is 0 Å². The van der Waals surface area contributed by atoms with Crippen molar-refractivity contribution in [1.82, 2.24) is 0 Å². The number of aliphatic hydroxyl groups is 1. The summed E-state index contributed by atoms with van der Waals surface area (Å²) < 4.78 is 4.75. The second-order valence-electron chi connectivity index (χ2n) is 13.9. The minimum absolute atomic E-state index is 0.0134. The van der Waals surface area contributed by atoms with Gasteiger partial charge in [0.2, 0.25) is 0 Å². The summed E-state index contributed by atoms with van der Waals surface area (Å²) in [4.78, 5) is 65.5. The molecule has 0 amide bonds. The molecule has 1 N–H and O–H groups in total. The maximum absolute atomic E-state index is 14.1. The molecule has 0 unspecified atom stereocenters. The highest BCUT2D eigenvalue weighted by atomic mass is 16.5. The Morgan fingerprint density at radius 2 is 1.66 bits per heavy atom. The van der Waals surface area contributed by atoms with Gasteiger partial charge in [-0.2, -0.15) is 0 Å². The summed E-state index contributed by atoms with van der Waals surface area (Å²) in [7, 11) is 1.30. The summed E-state index contributed by atoms with van der Waals surface area (Å²) in [6.45, 7) is 13.4. The number of carbonyl (C=O) groups excluding carboxylic acids is 5. The topological polar surface area (TPSA) is 115 Å². The molecule has 2 saturated carbocycles. The molecule has 0 heterocycles. The van der Waals surface area contributed by atoms with Gasteiger partial charge in [-0.25, -0.2) is 0 Å². The molecule has 0 radical (unpaired) electrons. The van der Waals surface area contributed by atoms with Crippen molar-refractivity contribution in [2.75, 3.05) is 7.11 Å². The lowest BCUT2D eigenvalue weighted by molar-refractivity contribution is -0.147. The van der Waals surface area contributed by atoms with Crippen molar-refractivity contribution in [2.45, 2.75) is 99.5 Å². The van der Waals surface area contributed by atoms with Gasteiger partial charge < -0.3 is 9.84 Å². The van der Waals surface area contributed by atoms with Gasteiger partial charge in [-0.05, 0) is 48.5 Å². The maximum atomic E-state index is 14.1. The van der Waals surface area contributed by atoms with Crippen LogP contribution in [0.3, 0.4) is 0 Å². The molecule has 8 atom stereocenters. The van der Waals surface area contributed by atoms with Crippen LogP contribution in [0, 0.1) is 45.3 Å². The van der Waals surface area contributed by atoms with Crippen LogP contribution in [0.1, 0.15) is 93.4 Å². The van der Waals surface area contributed by atoms with Crippen LogP contribution >= 0.6 is 0 Å². The molecule has 38 heavy (non-hydrogen) atoms. The molecule has 4 aliphatic carbocycles. The van der Waals surface area contributed by atoms with E-state index < -0.39 is 39.7 Å². The average molecular weight is 529 g/mol. The van der Waals surface area contributed by atoms with Crippen molar-refractivity contribution in [2.24, 2.45) is 45.3 Å². The summed E-state index contributed by atoms with van der Waals surface area (Å²) >= 11 is 0. The second kappa shape index (κ2) is 9.21. The van der Waals surface area contributed by atoms with Gasteiger partial charge in [-0.15, -0.1) is 0 Å². The number of allylic oxidation sites excluding steroid dienone is 1. The molecule has 0 saturated heterocycles. The highest BCUT2D eigenvalue weighted by Crippen LogP contribution is 2.70. The van der Waals surface area contributed by atoms with Gasteiger partial charge in [0.1, 0.15) is 17.3 Å². The zero-order valence-electron chi connectivity index (χ0n) is 24.2. The van der Waals surface area contributed by atoms with E-state index in [1.807, 2.05) is 34.6 Å². The third-order valence-corrected chi connectivity index (χ3v) is 11.5. The summed E-state index contributed by atoms with van der Waals surface area (Å²) in [5.41, 5.74) is -1.82. The van der Waals surface area contributed by atoms with E-state index >= 15 is 0 Å². The van der Waals surface area contributed by atoms with Gasteiger partial charge >= 0.3 is 5.97 Å². The van der Waals surface area contributed by atoms with E-state index in [1.54, 1.807) is 6.92 Å². The van der Waals surface area contributed by atoms with Gasteiger partial charge in [-0.3, -0.25) is 24.0 Å². The predicted octanol–water partition coefficient (Wildman–Crippen LogP) is 4.43. The highest BCUT2D eigenvalue weighted by Gasteiger charge is 2.70. The van der Waals surface area contributed by atoms with E-state index in [0.29, 0.717) is 30.4 Å². The molecular weight excluding hydrogens is 484 g/mol. The van der Waals surface area contributed by atoms with Crippen LogP contribution in [0.5, 0.6) is 0 Å². The van der Waals surface area contributed by atoms with Crippen LogP contribution < -0.4 is 0 Å². The van der Waals surface area contributed by atoms with Gasteiger partial charge in [0, 0.05) is 48.5 Å². The third kappa shape index (κ3) is 3.82. The number of esters is 1.